The van der Waals surface area contributed by atoms with Gasteiger partial charge in [0, 0.05) is 31.7 Å². The minimum atomic E-state index is 0.776. The molecule has 0 aliphatic carbocycles. The van der Waals surface area contributed by atoms with Crippen LogP contribution >= 0.6 is 0 Å². The zero-order valence-corrected chi connectivity index (χ0v) is 14.3. The number of nitrogens with one attached hydrogen (secondary N) is 1. The van der Waals surface area contributed by atoms with Gasteiger partial charge in [-0.05, 0) is 25.7 Å². The maximum absolute atomic E-state index is 4.94. The van der Waals surface area contributed by atoms with Gasteiger partial charge in [0.2, 0.25) is 5.95 Å². The van der Waals surface area contributed by atoms with Crippen LogP contribution in [0.15, 0.2) is 30.3 Å². The van der Waals surface area contributed by atoms with Crippen molar-refractivity contribution in [2.24, 2.45) is 0 Å². The van der Waals surface area contributed by atoms with E-state index in [2.05, 4.69) is 26.9 Å². The number of imidazole rings is 1. The highest BCUT2D eigenvalue weighted by atomic mass is 15.3. The molecule has 0 radical (unpaired) electrons. The Morgan fingerprint density at radius 1 is 0.760 bits per heavy atom. The first kappa shape index (κ1) is 14.7. The number of aromatic nitrogens is 4. The molecule has 6 heteroatoms. The van der Waals surface area contributed by atoms with Crippen LogP contribution in [0.4, 0.5) is 11.8 Å². The lowest BCUT2D eigenvalue weighted by atomic mass is 10.2. The number of nitrogens with zero attached hydrogens (tertiary/aromatic N) is 5. The molecule has 2 fully saturated rings. The fraction of sp³-hybridized carbons (Fsp3) is 0.421. The third kappa shape index (κ3) is 2.62. The first-order chi connectivity index (χ1) is 12.4. The molecule has 1 N–H and O–H groups in total. The van der Waals surface area contributed by atoms with Crippen LogP contribution in [0.25, 0.3) is 22.6 Å². The highest BCUT2D eigenvalue weighted by Gasteiger charge is 2.24. The van der Waals surface area contributed by atoms with Crippen LogP contribution in [0, 0.1) is 0 Å². The van der Waals surface area contributed by atoms with Crippen molar-refractivity contribution in [3.05, 3.63) is 30.3 Å². The molecule has 6 nitrogen and oxygen atoms in total. The van der Waals surface area contributed by atoms with Gasteiger partial charge in [0.15, 0.2) is 11.5 Å². The summed E-state index contributed by atoms with van der Waals surface area (Å²) < 4.78 is 0. The average Bonchev–Trinajstić information content (AvgIpc) is 3.42. The Kier molecular flexibility index (Phi) is 3.54. The van der Waals surface area contributed by atoms with Crippen molar-refractivity contribution in [3.8, 4) is 11.4 Å². The molecule has 3 aromatic rings. The molecule has 0 atom stereocenters. The molecular weight excluding hydrogens is 312 g/mol. The number of benzene rings is 1. The second-order valence-electron chi connectivity index (χ2n) is 6.89. The summed E-state index contributed by atoms with van der Waals surface area (Å²) in [5.74, 6) is 2.71. The van der Waals surface area contributed by atoms with E-state index in [1.807, 2.05) is 18.2 Å². The number of hydrogen-bond donors (Lipinski definition) is 1. The van der Waals surface area contributed by atoms with Crippen LogP contribution in [0.1, 0.15) is 25.7 Å². The van der Waals surface area contributed by atoms with Crippen LogP contribution in [-0.2, 0) is 0 Å². The van der Waals surface area contributed by atoms with E-state index in [1.54, 1.807) is 0 Å². The largest absolute Gasteiger partial charge is 0.355 e. The third-order valence-electron chi connectivity index (χ3n) is 5.16. The van der Waals surface area contributed by atoms with Crippen LogP contribution in [0.5, 0.6) is 0 Å². The third-order valence-corrected chi connectivity index (χ3v) is 5.16. The van der Waals surface area contributed by atoms with E-state index < -0.39 is 0 Å². The van der Waals surface area contributed by atoms with Crippen molar-refractivity contribution in [1.82, 2.24) is 19.9 Å². The first-order valence-corrected chi connectivity index (χ1v) is 9.21. The molecule has 2 aliphatic rings. The molecular formula is C19H22N6. The molecule has 25 heavy (non-hydrogen) atoms. The second-order valence-corrected chi connectivity index (χ2v) is 6.89. The van der Waals surface area contributed by atoms with Crippen LogP contribution in [0.2, 0.25) is 0 Å². The Morgan fingerprint density at radius 3 is 2.16 bits per heavy atom. The van der Waals surface area contributed by atoms with Crippen molar-refractivity contribution in [2.75, 3.05) is 36.0 Å². The van der Waals surface area contributed by atoms with E-state index in [1.165, 1.54) is 25.7 Å². The molecule has 4 heterocycles. The lowest BCUT2D eigenvalue weighted by Gasteiger charge is -2.20. The molecule has 1 aromatic carbocycles. The van der Waals surface area contributed by atoms with Crippen molar-refractivity contribution in [3.63, 3.8) is 0 Å². The van der Waals surface area contributed by atoms with Crippen molar-refractivity contribution < 1.29 is 0 Å². The predicted molar refractivity (Wildman–Crippen MR) is 100 cm³/mol. The molecule has 0 saturated carbocycles. The topological polar surface area (TPSA) is 60.9 Å². The maximum atomic E-state index is 4.94. The minimum Gasteiger partial charge on any atom is -0.355 e. The smallest absolute Gasteiger partial charge is 0.229 e. The van der Waals surface area contributed by atoms with E-state index in [9.17, 15) is 0 Å². The van der Waals surface area contributed by atoms with Gasteiger partial charge in [0.25, 0.3) is 0 Å². The number of H-pyrrole nitrogens is 1. The standard InChI is InChI=1S/C19H22N6/c1-2-8-14(9-3-1)16-20-15-17(21-16)22-19(25-12-6-7-13-25)23-18(15)24-10-4-5-11-24/h1-3,8-9H,4-7,10-13H2,(H,20,21,22,23). The number of aromatic amines is 1. The summed E-state index contributed by atoms with van der Waals surface area (Å²) in [7, 11) is 0. The van der Waals surface area contributed by atoms with E-state index in [0.717, 1.165) is 60.5 Å². The van der Waals surface area contributed by atoms with Crippen molar-refractivity contribution in [1.29, 1.82) is 0 Å². The maximum Gasteiger partial charge on any atom is 0.229 e. The summed E-state index contributed by atoms with van der Waals surface area (Å²) in [5.41, 5.74) is 2.82. The molecule has 0 amide bonds. The van der Waals surface area contributed by atoms with Crippen molar-refractivity contribution in [2.45, 2.75) is 25.7 Å². The SMILES string of the molecule is c1ccc(-c2nc3nc(N4CCCC4)nc(N4CCCC4)c3[nH]2)cc1. The zero-order valence-electron chi connectivity index (χ0n) is 14.3. The van der Waals surface area contributed by atoms with E-state index in [4.69, 9.17) is 15.0 Å². The van der Waals surface area contributed by atoms with E-state index >= 15 is 0 Å². The van der Waals surface area contributed by atoms with Gasteiger partial charge >= 0.3 is 0 Å². The molecule has 128 valence electrons. The van der Waals surface area contributed by atoms with Crippen LogP contribution in [0.3, 0.4) is 0 Å². The lowest BCUT2D eigenvalue weighted by Crippen LogP contribution is -2.24. The summed E-state index contributed by atoms with van der Waals surface area (Å²) in [6, 6.07) is 10.2. The highest BCUT2D eigenvalue weighted by molar-refractivity contribution is 5.87. The average molecular weight is 334 g/mol. The Bertz CT molecular complexity index is 876. The lowest BCUT2D eigenvalue weighted by molar-refractivity contribution is 0.880. The monoisotopic (exact) mass is 334 g/mol. The van der Waals surface area contributed by atoms with Crippen LogP contribution in [-0.4, -0.2) is 46.1 Å². The Morgan fingerprint density at radius 2 is 1.44 bits per heavy atom. The van der Waals surface area contributed by atoms with Gasteiger partial charge in [-0.3, -0.25) is 0 Å². The number of rotatable bonds is 3. The van der Waals surface area contributed by atoms with Gasteiger partial charge in [-0.1, -0.05) is 30.3 Å². The van der Waals surface area contributed by atoms with Gasteiger partial charge in [-0.15, -0.1) is 0 Å². The zero-order chi connectivity index (χ0) is 16.6. The molecule has 0 unspecified atom stereocenters. The van der Waals surface area contributed by atoms with Crippen LogP contribution < -0.4 is 9.80 Å². The van der Waals surface area contributed by atoms with Gasteiger partial charge in [-0.25, -0.2) is 4.98 Å². The molecule has 5 rings (SSSR count). The fourth-order valence-corrected chi connectivity index (χ4v) is 3.82. The second kappa shape index (κ2) is 6.02. The Labute approximate surface area is 146 Å². The Hall–Kier alpha value is -2.63. The molecule has 2 saturated heterocycles. The summed E-state index contributed by atoms with van der Waals surface area (Å²) in [4.78, 5) is 22.6. The summed E-state index contributed by atoms with van der Waals surface area (Å²) in [5, 5.41) is 0. The number of anilines is 2. The van der Waals surface area contributed by atoms with Gasteiger partial charge in [-0.2, -0.15) is 9.97 Å². The minimum absolute atomic E-state index is 0.776. The highest BCUT2D eigenvalue weighted by Crippen LogP contribution is 2.30. The molecule has 2 aromatic heterocycles. The summed E-state index contributed by atoms with van der Waals surface area (Å²) in [6.45, 7) is 4.21. The fourth-order valence-electron chi connectivity index (χ4n) is 3.82. The quantitative estimate of drug-likeness (QED) is 0.797. The van der Waals surface area contributed by atoms with E-state index in [0.29, 0.717) is 0 Å². The van der Waals surface area contributed by atoms with Gasteiger partial charge in [0.1, 0.15) is 11.3 Å². The van der Waals surface area contributed by atoms with Gasteiger partial charge in [0.05, 0.1) is 0 Å². The molecule has 0 spiro atoms. The van der Waals surface area contributed by atoms with Crippen molar-refractivity contribution >= 4 is 22.9 Å². The number of fused-ring (bicyclic) bond motifs is 1. The normalized spacial score (nSPS) is 17.8. The predicted octanol–water partition coefficient (Wildman–Crippen LogP) is 3.22. The first-order valence-electron chi connectivity index (χ1n) is 9.21. The summed E-state index contributed by atoms with van der Waals surface area (Å²) in [6.07, 6.45) is 4.89. The van der Waals surface area contributed by atoms with E-state index in [-0.39, 0.29) is 0 Å². The molecule has 0 bridgehead atoms. The molecule has 2 aliphatic heterocycles. The number of hydrogen-bond acceptors (Lipinski definition) is 5. The Balaban J connectivity index is 1.66. The summed E-state index contributed by atoms with van der Waals surface area (Å²) >= 11 is 0. The van der Waals surface area contributed by atoms with Gasteiger partial charge < -0.3 is 14.8 Å².